The number of rotatable bonds is 7. The van der Waals surface area contributed by atoms with Crippen molar-refractivity contribution >= 4 is 33.1 Å². The highest BCUT2D eigenvalue weighted by atomic mass is 32.2. The van der Waals surface area contributed by atoms with Crippen LogP contribution >= 0.6 is 0 Å². The number of hydrogen-bond acceptors (Lipinski definition) is 7. The molecule has 0 spiro atoms. The van der Waals surface area contributed by atoms with Crippen LogP contribution in [0, 0.1) is 0 Å². The zero-order valence-electron chi connectivity index (χ0n) is 15.9. The number of unbranched alkanes of at least 4 members (excludes halogenated alkanes) is 2. The number of nitrogens with two attached hydrogens (primary N) is 2. The molecule has 0 amide bonds. The Morgan fingerprint density at radius 2 is 1.66 bits per heavy atom. The third kappa shape index (κ3) is 3.89. The van der Waals surface area contributed by atoms with Crippen LogP contribution in [0.25, 0.3) is 0 Å². The molecule has 0 saturated carbocycles. The van der Waals surface area contributed by atoms with Crippen molar-refractivity contribution in [3.8, 4) is 0 Å². The summed E-state index contributed by atoms with van der Waals surface area (Å²) < 4.78 is 33.3. The van der Waals surface area contributed by atoms with Crippen LogP contribution in [0.15, 0.2) is 35.2 Å². The molecule has 2 aromatic carbocycles. The van der Waals surface area contributed by atoms with Crippen molar-refractivity contribution in [2.45, 2.75) is 43.7 Å². The van der Waals surface area contributed by atoms with Crippen LogP contribution in [0.3, 0.4) is 0 Å². The van der Waals surface area contributed by atoms with Crippen LogP contribution in [0.4, 0.5) is 11.4 Å². The molecule has 9 heteroatoms. The lowest BCUT2D eigenvalue weighted by Crippen LogP contribution is -2.32. The fourth-order valence-corrected chi connectivity index (χ4v) is 4.15. The van der Waals surface area contributed by atoms with Crippen molar-refractivity contribution in [2.24, 2.45) is 5.73 Å². The van der Waals surface area contributed by atoms with Gasteiger partial charge in [-0.25, -0.2) is 0 Å². The van der Waals surface area contributed by atoms with E-state index in [2.05, 4.69) is 12.2 Å². The molecule has 1 aliphatic rings. The fraction of sp³-hybridized carbons (Fsp3) is 0.300. The summed E-state index contributed by atoms with van der Waals surface area (Å²) in [7, 11) is -4.73. The average Bonchev–Trinajstić information content (AvgIpc) is 2.66. The summed E-state index contributed by atoms with van der Waals surface area (Å²) in [6.45, 7) is 2.05. The molecule has 1 atom stereocenters. The third-order valence-corrected chi connectivity index (χ3v) is 5.83. The molecule has 2 aromatic rings. The first-order chi connectivity index (χ1) is 13.7. The molecule has 1 unspecified atom stereocenters. The normalized spacial score (nSPS) is 14.3. The minimum atomic E-state index is -4.73. The van der Waals surface area contributed by atoms with Gasteiger partial charge in [-0.05, 0) is 12.5 Å². The van der Waals surface area contributed by atoms with E-state index in [9.17, 15) is 22.6 Å². The van der Waals surface area contributed by atoms with Gasteiger partial charge < -0.3 is 16.8 Å². The molecule has 3 rings (SSSR count). The van der Waals surface area contributed by atoms with Gasteiger partial charge in [-0.15, -0.1) is 0 Å². The van der Waals surface area contributed by atoms with Gasteiger partial charge >= 0.3 is 0 Å². The minimum Gasteiger partial charge on any atom is -0.397 e. The molecule has 29 heavy (non-hydrogen) atoms. The van der Waals surface area contributed by atoms with Crippen molar-refractivity contribution in [2.75, 3.05) is 11.1 Å². The zero-order valence-corrected chi connectivity index (χ0v) is 16.8. The molecule has 0 bridgehead atoms. The van der Waals surface area contributed by atoms with Gasteiger partial charge in [-0.1, -0.05) is 50.5 Å². The van der Waals surface area contributed by atoms with Crippen molar-refractivity contribution in [3.63, 3.8) is 0 Å². The highest BCUT2D eigenvalue weighted by Gasteiger charge is 2.36. The summed E-state index contributed by atoms with van der Waals surface area (Å²) >= 11 is 0. The van der Waals surface area contributed by atoms with E-state index >= 15 is 0 Å². The molecule has 0 aromatic heterocycles. The first-order valence-electron chi connectivity index (χ1n) is 9.31. The Kier molecular flexibility index (Phi) is 5.74. The van der Waals surface area contributed by atoms with E-state index in [1.165, 1.54) is 12.1 Å². The van der Waals surface area contributed by atoms with Crippen LogP contribution in [-0.4, -0.2) is 30.7 Å². The number of anilines is 2. The summed E-state index contributed by atoms with van der Waals surface area (Å²) in [5.41, 5.74) is 11.7. The predicted molar refractivity (Wildman–Crippen MR) is 110 cm³/mol. The standard InChI is InChI=1S/C20H23N3O5S/c1-2-3-4-9-15(21)23-13-10-14(29(26,27)28)18(22)17-16(13)19(24)11-7-5-6-8-12(11)20(17)25/h5-8,10,15,23H,2-4,9,21-22H2,1H3,(H,26,27,28). The van der Waals surface area contributed by atoms with Gasteiger partial charge in [0.1, 0.15) is 4.90 Å². The van der Waals surface area contributed by atoms with E-state index in [1.54, 1.807) is 12.1 Å². The maximum absolute atomic E-state index is 13.1. The first-order valence-corrected chi connectivity index (χ1v) is 10.7. The maximum Gasteiger partial charge on any atom is 0.296 e. The van der Waals surface area contributed by atoms with Crippen LogP contribution < -0.4 is 16.8 Å². The molecule has 154 valence electrons. The smallest absolute Gasteiger partial charge is 0.296 e. The van der Waals surface area contributed by atoms with Crippen LogP contribution in [-0.2, 0) is 10.1 Å². The Hall–Kier alpha value is -2.75. The number of carbonyl (C=O) groups excluding carboxylic acids is 2. The molecule has 6 N–H and O–H groups in total. The van der Waals surface area contributed by atoms with E-state index in [-0.39, 0.29) is 27.9 Å². The van der Waals surface area contributed by atoms with Gasteiger partial charge in [0.2, 0.25) is 0 Å². The Morgan fingerprint density at radius 1 is 1.07 bits per heavy atom. The van der Waals surface area contributed by atoms with E-state index < -0.39 is 38.4 Å². The predicted octanol–water partition coefficient (Wildman–Crippen LogP) is 2.57. The maximum atomic E-state index is 13.1. The summed E-state index contributed by atoms with van der Waals surface area (Å²) in [4.78, 5) is 25.5. The quantitative estimate of drug-likeness (QED) is 0.198. The molecule has 0 fully saturated rings. The van der Waals surface area contributed by atoms with Gasteiger partial charge in [0, 0.05) is 16.8 Å². The summed E-state index contributed by atoms with van der Waals surface area (Å²) in [5.74, 6) is -1.05. The lowest BCUT2D eigenvalue weighted by atomic mass is 9.82. The molecule has 0 saturated heterocycles. The Bertz CT molecular complexity index is 1100. The van der Waals surface area contributed by atoms with E-state index in [4.69, 9.17) is 11.5 Å². The van der Waals surface area contributed by atoms with Gasteiger partial charge in [0.25, 0.3) is 10.1 Å². The largest absolute Gasteiger partial charge is 0.397 e. The summed E-state index contributed by atoms with van der Waals surface area (Å²) in [6, 6.07) is 7.29. The highest BCUT2D eigenvalue weighted by molar-refractivity contribution is 7.86. The Balaban J connectivity index is 2.19. The lowest BCUT2D eigenvalue weighted by Gasteiger charge is -2.25. The van der Waals surface area contributed by atoms with Gasteiger partial charge in [0.05, 0.1) is 23.0 Å². The first kappa shape index (κ1) is 21.0. The molecular weight excluding hydrogens is 394 g/mol. The Morgan fingerprint density at radius 3 is 2.21 bits per heavy atom. The highest BCUT2D eigenvalue weighted by Crippen LogP contribution is 2.39. The molecule has 1 aliphatic carbocycles. The summed E-state index contributed by atoms with van der Waals surface area (Å²) in [6.07, 6.45) is 2.80. The van der Waals surface area contributed by atoms with E-state index in [0.29, 0.717) is 6.42 Å². The number of fused-ring (bicyclic) bond motifs is 2. The third-order valence-electron chi connectivity index (χ3n) is 4.94. The van der Waals surface area contributed by atoms with E-state index in [0.717, 1.165) is 25.3 Å². The van der Waals surface area contributed by atoms with Crippen molar-refractivity contribution < 1.29 is 22.6 Å². The summed E-state index contributed by atoms with van der Waals surface area (Å²) in [5, 5.41) is 2.92. The SMILES string of the molecule is CCCCCC(N)Nc1cc(S(=O)(=O)O)c(N)c2c1C(=O)c1ccccc1C2=O. The van der Waals surface area contributed by atoms with Gasteiger partial charge in [0.15, 0.2) is 11.6 Å². The van der Waals surface area contributed by atoms with Crippen molar-refractivity contribution in [1.29, 1.82) is 0 Å². The second kappa shape index (κ2) is 7.94. The van der Waals surface area contributed by atoms with Crippen LogP contribution in [0.1, 0.15) is 64.4 Å². The monoisotopic (exact) mass is 417 g/mol. The number of benzene rings is 2. The van der Waals surface area contributed by atoms with Gasteiger partial charge in [-0.2, -0.15) is 8.42 Å². The second-order valence-corrected chi connectivity index (χ2v) is 8.40. The number of carbonyl (C=O) groups is 2. The zero-order chi connectivity index (χ0) is 21.3. The minimum absolute atomic E-state index is 0.0375. The van der Waals surface area contributed by atoms with Crippen LogP contribution in [0.2, 0.25) is 0 Å². The molecular formula is C20H23N3O5S. The van der Waals surface area contributed by atoms with Crippen molar-refractivity contribution in [3.05, 3.63) is 52.6 Å². The van der Waals surface area contributed by atoms with Gasteiger partial charge in [-0.3, -0.25) is 14.1 Å². The second-order valence-electron chi connectivity index (χ2n) is 7.01. The molecule has 8 nitrogen and oxygen atoms in total. The molecule has 0 radical (unpaired) electrons. The van der Waals surface area contributed by atoms with E-state index in [1.807, 2.05) is 0 Å². The molecule has 0 heterocycles. The lowest BCUT2D eigenvalue weighted by molar-refractivity contribution is 0.0980. The fourth-order valence-electron chi connectivity index (χ4n) is 3.51. The topological polar surface area (TPSA) is 153 Å². The number of nitrogen functional groups attached to an aromatic ring is 1. The Labute approximate surface area is 169 Å². The number of nitrogens with one attached hydrogen (secondary N) is 1. The number of hydrogen-bond donors (Lipinski definition) is 4. The van der Waals surface area contributed by atoms with Crippen molar-refractivity contribution in [1.82, 2.24) is 0 Å². The molecule has 0 aliphatic heterocycles. The number of ketones is 2. The average molecular weight is 417 g/mol. The van der Waals surface area contributed by atoms with Crippen LogP contribution in [0.5, 0.6) is 0 Å².